The number of carbonyl (C=O) groups excluding carboxylic acids is 1. The number of thioether (sulfide) groups is 1. The molecule has 0 radical (unpaired) electrons. The van der Waals surface area contributed by atoms with Crippen LogP contribution >= 0.6 is 23.4 Å². The van der Waals surface area contributed by atoms with Gasteiger partial charge in [-0.1, -0.05) is 35.2 Å². The van der Waals surface area contributed by atoms with E-state index >= 15 is 0 Å². The van der Waals surface area contributed by atoms with E-state index in [0.717, 1.165) is 11.8 Å². The second-order valence-corrected chi connectivity index (χ2v) is 4.64. The number of hydrogen-bond donors (Lipinski definition) is 1. The summed E-state index contributed by atoms with van der Waals surface area (Å²) in [5.74, 6) is 4.94. The summed E-state index contributed by atoms with van der Waals surface area (Å²) in [4.78, 5) is 21.3. The van der Waals surface area contributed by atoms with Crippen molar-refractivity contribution in [1.82, 2.24) is 0 Å². The van der Waals surface area contributed by atoms with Crippen molar-refractivity contribution in [1.29, 1.82) is 0 Å². The Bertz CT molecular complexity index is 514. The topological polar surface area (TPSA) is 54.4 Å². The van der Waals surface area contributed by atoms with Gasteiger partial charge < -0.3 is 5.11 Å². The first-order chi connectivity index (χ1) is 8.00. The van der Waals surface area contributed by atoms with Crippen molar-refractivity contribution in [2.45, 2.75) is 6.92 Å². The number of carbonyl (C=O) groups is 2. The molecule has 0 aliphatic rings. The molecule has 0 saturated heterocycles. The third kappa shape index (κ3) is 4.51. The average Bonchev–Trinajstić information content (AvgIpc) is 2.25. The van der Waals surface area contributed by atoms with Gasteiger partial charge in [0.2, 0.25) is 0 Å². The first-order valence-electron chi connectivity index (χ1n) is 4.66. The summed E-state index contributed by atoms with van der Waals surface area (Å²) in [6, 6.07) is 4.35. The third-order valence-corrected chi connectivity index (χ3v) is 2.79. The summed E-state index contributed by atoms with van der Waals surface area (Å²) in [6.45, 7) is 1.47. The molecular weight excluding hydrogens is 260 g/mol. The normalized spacial score (nSPS) is 9.29. The van der Waals surface area contributed by atoms with Gasteiger partial charge in [0, 0.05) is 12.5 Å². The van der Waals surface area contributed by atoms with E-state index in [0.29, 0.717) is 16.3 Å². The van der Waals surface area contributed by atoms with Crippen LogP contribution in [-0.4, -0.2) is 21.9 Å². The molecule has 0 saturated carbocycles. The fraction of sp³-hybridized carbons (Fsp3) is 0.167. The van der Waals surface area contributed by atoms with Gasteiger partial charge in [-0.25, -0.2) is 4.79 Å². The lowest BCUT2D eigenvalue weighted by Crippen LogP contribution is -1.96. The number of carboxylic acid groups (broad SMARTS) is 1. The molecule has 0 atom stereocenters. The SMILES string of the molecule is CC(=O)SCC#Cc1ccc(C(=O)O)cc1Cl. The van der Waals surface area contributed by atoms with E-state index in [9.17, 15) is 9.59 Å². The molecule has 0 amide bonds. The van der Waals surface area contributed by atoms with Crippen LogP contribution in [0.4, 0.5) is 0 Å². The van der Waals surface area contributed by atoms with Gasteiger partial charge in [0.05, 0.1) is 16.3 Å². The Kier molecular flexibility index (Phi) is 5.08. The van der Waals surface area contributed by atoms with Crippen molar-refractivity contribution in [3.63, 3.8) is 0 Å². The summed E-state index contributed by atoms with van der Waals surface area (Å²) < 4.78 is 0. The molecule has 17 heavy (non-hydrogen) atoms. The van der Waals surface area contributed by atoms with Crippen LogP contribution in [0.15, 0.2) is 18.2 Å². The van der Waals surface area contributed by atoms with Crippen LogP contribution in [-0.2, 0) is 4.79 Å². The summed E-state index contributed by atoms with van der Waals surface area (Å²) in [5.41, 5.74) is 0.680. The lowest BCUT2D eigenvalue weighted by Gasteiger charge is -1.98. The summed E-state index contributed by atoms with van der Waals surface area (Å²) in [7, 11) is 0. The van der Waals surface area contributed by atoms with Gasteiger partial charge in [-0.15, -0.1) is 0 Å². The zero-order chi connectivity index (χ0) is 12.8. The Morgan fingerprint density at radius 1 is 1.47 bits per heavy atom. The maximum Gasteiger partial charge on any atom is 0.335 e. The maximum absolute atomic E-state index is 10.7. The Labute approximate surface area is 108 Å². The molecule has 1 aromatic carbocycles. The monoisotopic (exact) mass is 268 g/mol. The number of hydrogen-bond acceptors (Lipinski definition) is 3. The smallest absolute Gasteiger partial charge is 0.335 e. The van der Waals surface area contributed by atoms with Gasteiger partial charge in [-0.2, -0.15) is 0 Å². The fourth-order valence-electron chi connectivity index (χ4n) is 1.02. The van der Waals surface area contributed by atoms with Gasteiger partial charge in [0.1, 0.15) is 0 Å². The molecule has 3 nitrogen and oxygen atoms in total. The van der Waals surface area contributed by atoms with E-state index in [1.165, 1.54) is 19.1 Å². The standard InChI is InChI=1S/C12H9ClO3S/c1-8(14)17-6-2-3-9-4-5-10(12(15)16)7-11(9)13/h4-5,7H,6H2,1H3,(H,15,16). The molecule has 0 spiro atoms. The molecule has 1 aromatic rings. The molecule has 1 rings (SSSR count). The van der Waals surface area contributed by atoms with Crippen LogP contribution in [0.3, 0.4) is 0 Å². The maximum atomic E-state index is 10.7. The van der Waals surface area contributed by atoms with Gasteiger partial charge in [-0.3, -0.25) is 4.79 Å². The molecule has 0 aliphatic carbocycles. The van der Waals surface area contributed by atoms with Crippen LogP contribution in [0.25, 0.3) is 0 Å². The molecule has 0 bridgehead atoms. The van der Waals surface area contributed by atoms with Gasteiger partial charge >= 0.3 is 5.97 Å². The van der Waals surface area contributed by atoms with E-state index in [1.807, 2.05) is 0 Å². The Morgan fingerprint density at radius 3 is 2.71 bits per heavy atom. The minimum Gasteiger partial charge on any atom is -0.478 e. The van der Waals surface area contributed by atoms with Crippen LogP contribution in [0.5, 0.6) is 0 Å². The molecule has 0 aliphatic heterocycles. The number of carboxylic acids is 1. The Morgan fingerprint density at radius 2 is 2.18 bits per heavy atom. The Hall–Kier alpha value is -1.44. The van der Waals surface area contributed by atoms with Crippen molar-refractivity contribution in [3.05, 3.63) is 34.3 Å². The molecule has 88 valence electrons. The second-order valence-electron chi connectivity index (χ2n) is 3.08. The molecule has 1 N–H and O–H groups in total. The lowest BCUT2D eigenvalue weighted by molar-refractivity contribution is -0.109. The van der Waals surface area contributed by atoms with E-state index in [2.05, 4.69) is 11.8 Å². The zero-order valence-corrected chi connectivity index (χ0v) is 10.6. The first-order valence-corrected chi connectivity index (χ1v) is 6.02. The average molecular weight is 269 g/mol. The summed E-state index contributed by atoms with van der Waals surface area (Å²) in [5, 5.41) is 9.04. The zero-order valence-electron chi connectivity index (χ0n) is 8.99. The van der Waals surface area contributed by atoms with Crippen molar-refractivity contribution in [2.75, 3.05) is 5.75 Å². The molecule has 0 aromatic heterocycles. The number of rotatable bonds is 2. The number of halogens is 1. The van der Waals surface area contributed by atoms with Crippen LogP contribution in [0, 0.1) is 11.8 Å². The number of benzene rings is 1. The highest BCUT2D eigenvalue weighted by Gasteiger charge is 2.05. The highest BCUT2D eigenvalue weighted by molar-refractivity contribution is 8.13. The molecule has 0 heterocycles. The Balaban J connectivity index is 2.79. The lowest BCUT2D eigenvalue weighted by atomic mass is 10.1. The van der Waals surface area contributed by atoms with Gasteiger partial charge in [-0.05, 0) is 18.2 Å². The molecule has 5 heteroatoms. The van der Waals surface area contributed by atoms with Gasteiger partial charge in [0.25, 0.3) is 0 Å². The van der Waals surface area contributed by atoms with Crippen molar-refractivity contribution in [3.8, 4) is 11.8 Å². The minimum atomic E-state index is -1.03. The first kappa shape index (κ1) is 13.6. The summed E-state index contributed by atoms with van der Waals surface area (Å²) >= 11 is 6.99. The third-order valence-electron chi connectivity index (χ3n) is 1.79. The quantitative estimate of drug-likeness (QED) is 0.838. The molecular formula is C12H9ClO3S. The van der Waals surface area contributed by atoms with Crippen LogP contribution in [0.1, 0.15) is 22.8 Å². The predicted molar refractivity (Wildman–Crippen MR) is 68.4 cm³/mol. The fourth-order valence-corrected chi connectivity index (χ4v) is 1.59. The van der Waals surface area contributed by atoms with E-state index < -0.39 is 5.97 Å². The summed E-state index contributed by atoms with van der Waals surface area (Å²) in [6.07, 6.45) is 0. The van der Waals surface area contributed by atoms with E-state index in [1.54, 1.807) is 6.07 Å². The largest absolute Gasteiger partial charge is 0.478 e. The van der Waals surface area contributed by atoms with Crippen LogP contribution in [0.2, 0.25) is 5.02 Å². The van der Waals surface area contributed by atoms with E-state index in [4.69, 9.17) is 16.7 Å². The van der Waals surface area contributed by atoms with Crippen molar-refractivity contribution >= 4 is 34.4 Å². The highest BCUT2D eigenvalue weighted by Crippen LogP contribution is 2.17. The minimum absolute atomic E-state index is 0.00613. The van der Waals surface area contributed by atoms with E-state index in [-0.39, 0.29) is 10.7 Å². The highest BCUT2D eigenvalue weighted by atomic mass is 35.5. The number of aromatic carboxylic acids is 1. The second kappa shape index (κ2) is 6.33. The molecule has 0 fully saturated rings. The van der Waals surface area contributed by atoms with Crippen molar-refractivity contribution < 1.29 is 14.7 Å². The van der Waals surface area contributed by atoms with Crippen molar-refractivity contribution in [2.24, 2.45) is 0 Å². The van der Waals surface area contributed by atoms with Gasteiger partial charge in [0.15, 0.2) is 5.12 Å². The van der Waals surface area contributed by atoms with Crippen LogP contribution < -0.4 is 0 Å². The predicted octanol–water partition coefficient (Wildman–Crippen LogP) is 2.67. The molecule has 0 unspecified atom stereocenters.